The van der Waals surface area contributed by atoms with E-state index in [9.17, 15) is 0 Å². The van der Waals surface area contributed by atoms with Crippen molar-refractivity contribution >= 4 is 12.4 Å². The number of rotatable bonds is 5. The van der Waals surface area contributed by atoms with Gasteiger partial charge >= 0.3 is 0 Å². The maximum atomic E-state index is 6.28. The van der Waals surface area contributed by atoms with Crippen LogP contribution in [0.25, 0.3) is 0 Å². The van der Waals surface area contributed by atoms with E-state index in [-0.39, 0.29) is 18.5 Å². The standard InChI is InChI=1S/C19H23NO.ClH/c1-4-10-17(11-5-1)19(18-12-6-2-7-13-18)21-16-20-14-8-3-9-15-20;/h1-2,4-7,10-13,19H,3,8-9,14-16H2;1H. The minimum atomic E-state index is 0. The topological polar surface area (TPSA) is 12.5 Å². The van der Waals surface area contributed by atoms with Crippen LogP contribution in [0.2, 0.25) is 0 Å². The van der Waals surface area contributed by atoms with Gasteiger partial charge in [-0.1, -0.05) is 67.1 Å². The zero-order chi connectivity index (χ0) is 14.3. The van der Waals surface area contributed by atoms with Crippen LogP contribution in [0.5, 0.6) is 0 Å². The summed E-state index contributed by atoms with van der Waals surface area (Å²) in [5, 5.41) is 0. The average molecular weight is 318 g/mol. The lowest BCUT2D eigenvalue weighted by Gasteiger charge is -2.28. The van der Waals surface area contributed by atoms with Crippen LogP contribution in [0.15, 0.2) is 60.7 Å². The molecule has 1 saturated heterocycles. The van der Waals surface area contributed by atoms with Gasteiger partial charge in [-0.15, -0.1) is 12.4 Å². The SMILES string of the molecule is Cl.c1ccc(C(OCN2CCCCC2)c2ccccc2)cc1. The summed E-state index contributed by atoms with van der Waals surface area (Å²) in [4.78, 5) is 2.42. The summed E-state index contributed by atoms with van der Waals surface area (Å²) >= 11 is 0. The number of halogens is 1. The van der Waals surface area contributed by atoms with E-state index in [2.05, 4.69) is 65.6 Å². The minimum Gasteiger partial charge on any atom is -0.353 e. The highest BCUT2D eigenvalue weighted by Gasteiger charge is 2.17. The zero-order valence-corrected chi connectivity index (χ0v) is 13.7. The van der Waals surface area contributed by atoms with E-state index in [4.69, 9.17) is 4.74 Å². The van der Waals surface area contributed by atoms with Gasteiger partial charge in [-0.25, -0.2) is 0 Å². The van der Waals surface area contributed by atoms with Crippen molar-refractivity contribution in [2.75, 3.05) is 19.8 Å². The molecule has 3 heteroatoms. The minimum absolute atomic E-state index is 0. The highest BCUT2D eigenvalue weighted by Crippen LogP contribution is 2.26. The van der Waals surface area contributed by atoms with Gasteiger partial charge in [0.1, 0.15) is 12.8 Å². The Hall–Kier alpha value is -1.35. The van der Waals surface area contributed by atoms with Gasteiger partial charge in [0.25, 0.3) is 0 Å². The Morgan fingerprint density at radius 1 is 0.773 bits per heavy atom. The third-order valence-corrected chi connectivity index (χ3v) is 4.08. The Kier molecular flexibility index (Phi) is 6.91. The maximum Gasteiger partial charge on any atom is 0.109 e. The van der Waals surface area contributed by atoms with E-state index < -0.39 is 0 Å². The van der Waals surface area contributed by atoms with Gasteiger partial charge in [-0.05, 0) is 24.0 Å². The van der Waals surface area contributed by atoms with Gasteiger partial charge < -0.3 is 4.74 Å². The molecule has 1 aliphatic heterocycles. The monoisotopic (exact) mass is 317 g/mol. The summed E-state index contributed by atoms with van der Waals surface area (Å²) in [7, 11) is 0. The van der Waals surface area contributed by atoms with Crippen LogP contribution in [0.4, 0.5) is 0 Å². The van der Waals surface area contributed by atoms with E-state index in [0.29, 0.717) is 6.73 Å². The quantitative estimate of drug-likeness (QED) is 0.795. The number of hydrogen-bond donors (Lipinski definition) is 0. The first-order valence-corrected chi connectivity index (χ1v) is 7.87. The molecule has 0 unspecified atom stereocenters. The van der Waals surface area contributed by atoms with E-state index in [1.165, 1.54) is 30.4 Å². The second kappa shape index (κ2) is 8.94. The Morgan fingerprint density at radius 3 is 1.77 bits per heavy atom. The molecule has 2 aromatic rings. The van der Waals surface area contributed by atoms with Crippen molar-refractivity contribution in [2.24, 2.45) is 0 Å². The van der Waals surface area contributed by atoms with Gasteiger partial charge in [-0.3, -0.25) is 4.90 Å². The molecule has 1 heterocycles. The Labute approximate surface area is 139 Å². The number of likely N-dealkylation sites (tertiary alicyclic amines) is 1. The zero-order valence-electron chi connectivity index (χ0n) is 12.9. The molecule has 0 aromatic heterocycles. The number of hydrogen-bond acceptors (Lipinski definition) is 2. The Bertz CT molecular complexity index is 486. The molecule has 1 fully saturated rings. The molecule has 1 aliphatic rings. The van der Waals surface area contributed by atoms with Crippen molar-refractivity contribution in [3.8, 4) is 0 Å². The summed E-state index contributed by atoms with van der Waals surface area (Å²) in [5.41, 5.74) is 2.45. The van der Waals surface area contributed by atoms with E-state index in [1.807, 2.05) is 0 Å². The summed E-state index contributed by atoms with van der Waals surface area (Å²) < 4.78 is 6.28. The highest BCUT2D eigenvalue weighted by atomic mass is 35.5. The number of nitrogens with zero attached hydrogens (tertiary/aromatic N) is 1. The average Bonchev–Trinajstić information content (AvgIpc) is 2.58. The van der Waals surface area contributed by atoms with Crippen LogP contribution in [-0.4, -0.2) is 24.7 Å². The van der Waals surface area contributed by atoms with Crippen LogP contribution < -0.4 is 0 Å². The number of piperidine rings is 1. The third-order valence-electron chi connectivity index (χ3n) is 4.08. The van der Waals surface area contributed by atoms with Crippen molar-refractivity contribution in [1.82, 2.24) is 4.90 Å². The molecule has 0 N–H and O–H groups in total. The molecule has 0 radical (unpaired) electrons. The molecule has 22 heavy (non-hydrogen) atoms. The second-order valence-electron chi connectivity index (χ2n) is 5.68. The molecule has 3 rings (SSSR count). The van der Waals surface area contributed by atoms with Crippen molar-refractivity contribution in [2.45, 2.75) is 25.4 Å². The van der Waals surface area contributed by atoms with Crippen LogP contribution in [-0.2, 0) is 4.74 Å². The lowest BCUT2D eigenvalue weighted by atomic mass is 10.0. The summed E-state index contributed by atoms with van der Waals surface area (Å²) in [6, 6.07) is 21.0. The van der Waals surface area contributed by atoms with Crippen molar-refractivity contribution in [1.29, 1.82) is 0 Å². The molecule has 0 spiro atoms. The second-order valence-corrected chi connectivity index (χ2v) is 5.68. The summed E-state index contributed by atoms with van der Waals surface area (Å²) in [6.07, 6.45) is 3.97. The van der Waals surface area contributed by atoms with E-state index >= 15 is 0 Å². The normalized spacial score (nSPS) is 15.5. The fraction of sp³-hybridized carbons (Fsp3) is 0.368. The van der Waals surface area contributed by atoms with Gasteiger partial charge in [0.15, 0.2) is 0 Å². The van der Waals surface area contributed by atoms with Gasteiger partial charge in [0.05, 0.1) is 0 Å². The third kappa shape index (κ3) is 4.57. The maximum absolute atomic E-state index is 6.28. The lowest BCUT2D eigenvalue weighted by Crippen LogP contribution is -2.32. The first-order valence-electron chi connectivity index (χ1n) is 7.87. The molecule has 0 atom stereocenters. The molecule has 0 aliphatic carbocycles. The van der Waals surface area contributed by atoms with Crippen LogP contribution in [0.3, 0.4) is 0 Å². The first-order chi connectivity index (χ1) is 10.4. The smallest absolute Gasteiger partial charge is 0.109 e. The molecule has 0 saturated carbocycles. The highest BCUT2D eigenvalue weighted by molar-refractivity contribution is 5.85. The van der Waals surface area contributed by atoms with Crippen molar-refractivity contribution < 1.29 is 4.74 Å². The number of benzene rings is 2. The number of ether oxygens (including phenoxy) is 1. The van der Waals surface area contributed by atoms with Crippen LogP contribution in [0, 0.1) is 0 Å². The fourth-order valence-electron chi connectivity index (χ4n) is 2.91. The van der Waals surface area contributed by atoms with Crippen LogP contribution in [0.1, 0.15) is 36.5 Å². The van der Waals surface area contributed by atoms with E-state index in [1.54, 1.807) is 0 Å². The molecule has 2 aromatic carbocycles. The van der Waals surface area contributed by atoms with Gasteiger partial charge in [-0.2, -0.15) is 0 Å². The predicted octanol–water partition coefficient (Wildman–Crippen LogP) is 4.66. The Balaban J connectivity index is 0.00000176. The van der Waals surface area contributed by atoms with Gasteiger partial charge in [0.2, 0.25) is 0 Å². The molecule has 0 amide bonds. The van der Waals surface area contributed by atoms with Gasteiger partial charge in [0, 0.05) is 13.1 Å². The van der Waals surface area contributed by atoms with E-state index in [0.717, 1.165) is 13.1 Å². The molecule has 0 bridgehead atoms. The van der Waals surface area contributed by atoms with Crippen molar-refractivity contribution in [3.63, 3.8) is 0 Å². The molecular weight excluding hydrogens is 294 g/mol. The van der Waals surface area contributed by atoms with Crippen LogP contribution >= 0.6 is 12.4 Å². The molecule has 118 valence electrons. The lowest BCUT2D eigenvalue weighted by molar-refractivity contribution is -0.0137. The predicted molar refractivity (Wildman–Crippen MR) is 93.4 cm³/mol. The molecule has 2 nitrogen and oxygen atoms in total. The van der Waals surface area contributed by atoms with Crippen molar-refractivity contribution in [3.05, 3.63) is 71.8 Å². The summed E-state index contributed by atoms with van der Waals surface area (Å²) in [6.45, 7) is 3.04. The fourth-order valence-corrected chi connectivity index (χ4v) is 2.91. The summed E-state index contributed by atoms with van der Waals surface area (Å²) in [5.74, 6) is 0. The first kappa shape index (κ1) is 17.0. The largest absolute Gasteiger partial charge is 0.353 e. The molecular formula is C19H24ClNO. The Morgan fingerprint density at radius 2 is 1.27 bits per heavy atom.